The molecule has 0 bridgehead atoms. The number of nitrogens with one attached hydrogen (secondary N) is 2. The fourth-order valence-electron chi connectivity index (χ4n) is 1.06. The van der Waals surface area contributed by atoms with Crippen LogP contribution in [0.25, 0.3) is 0 Å². The Balaban J connectivity index is 2.51. The minimum atomic E-state index is -0.321. The Morgan fingerprint density at radius 3 is 2.75 bits per heavy atom. The summed E-state index contributed by atoms with van der Waals surface area (Å²) in [5.41, 5.74) is 0. The van der Waals surface area contributed by atoms with Gasteiger partial charge in [-0.3, -0.25) is 4.79 Å². The van der Waals surface area contributed by atoms with Gasteiger partial charge in [-0.1, -0.05) is 0 Å². The van der Waals surface area contributed by atoms with Gasteiger partial charge in [-0.05, 0) is 6.42 Å². The van der Waals surface area contributed by atoms with E-state index in [1.54, 1.807) is 0 Å². The van der Waals surface area contributed by atoms with Crippen LogP contribution in [0.2, 0.25) is 0 Å². The monoisotopic (exact) mass is 206 g/mol. The normalized spacial score (nSPS) is 23.2. The van der Waals surface area contributed by atoms with Crippen LogP contribution in [0, 0.1) is 0 Å². The highest BCUT2D eigenvalue weighted by atomic mass is 31.1. The highest BCUT2D eigenvalue weighted by Gasteiger charge is 2.25. The lowest BCUT2D eigenvalue weighted by atomic mass is 10.1. The van der Waals surface area contributed by atoms with E-state index in [0.717, 1.165) is 0 Å². The van der Waals surface area contributed by atoms with E-state index in [1.807, 2.05) is 0 Å². The van der Waals surface area contributed by atoms with Gasteiger partial charge in [0.2, 0.25) is 0 Å². The Kier molecular flexibility index (Phi) is 3.42. The summed E-state index contributed by atoms with van der Waals surface area (Å²) in [5.74, 6) is 0.0415. The molecule has 0 aliphatic carbocycles. The molecule has 1 saturated heterocycles. The molecule has 0 saturated carbocycles. The molecule has 6 heteroatoms. The lowest BCUT2D eigenvalue weighted by Crippen LogP contribution is -2.53. The van der Waals surface area contributed by atoms with Crippen LogP contribution in [-0.2, 0) is 4.79 Å². The first-order valence-corrected chi connectivity index (χ1v) is 5.04. The quantitative estimate of drug-likeness (QED) is 0.609. The molecular weight excluding hydrogens is 194 g/mol. The second-order valence-corrected chi connectivity index (χ2v) is 4.88. The van der Waals surface area contributed by atoms with Crippen LogP contribution in [0.5, 0.6) is 0 Å². The minimum Gasteiger partial charge on any atom is -0.338 e. The molecule has 12 heavy (non-hydrogen) atoms. The van der Waals surface area contributed by atoms with Gasteiger partial charge in [0, 0.05) is 11.9 Å². The largest absolute Gasteiger partial charge is 0.338 e. The summed E-state index contributed by atoms with van der Waals surface area (Å²) in [7, 11) is 4.80. The zero-order valence-electron chi connectivity index (χ0n) is 6.54. The molecule has 4 nitrogen and oxygen atoms in total. The molecule has 3 atom stereocenters. The molecule has 1 aliphatic heterocycles. The summed E-state index contributed by atoms with van der Waals surface area (Å²) >= 11 is 0. The molecule has 0 radical (unpaired) electrons. The molecule has 0 aromatic carbocycles. The third-order valence-electron chi connectivity index (χ3n) is 1.70. The molecule has 1 aliphatic rings. The second kappa shape index (κ2) is 4.15. The SMILES string of the molecule is O=C1NCCC(C(=O)C(P)P)N1. The van der Waals surface area contributed by atoms with Crippen LogP contribution < -0.4 is 10.6 Å². The maximum Gasteiger partial charge on any atom is 0.315 e. The van der Waals surface area contributed by atoms with Crippen LogP contribution in [-0.4, -0.2) is 29.8 Å². The highest BCUT2D eigenvalue weighted by Crippen LogP contribution is 2.14. The van der Waals surface area contributed by atoms with E-state index in [9.17, 15) is 9.59 Å². The predicted octanol–water partition coefficient (Wildman–Crippen LogP) is -0.297. The number of hydrogen-bond donors (Lipinski definition) is 2. The molecule has 3 unspecified atom stereocenters. The van der Waals surface area contributed by atoms with E-state index in [0.29, 0.717) is 13.0 Å². The van der Waals surface area contributed by atoms with Gasteiger partial charge in [-0.15, -0.1) is 18.5 Å². The Hall–Kier alpha value is -0.200. The third-order valence-corrected chi connectivity index (χ3v) is 2.35. The van der Waals surface area contributed by atoms with Crippen molar-refractivity contribution in [2.75, 3.05) is 6.54 Å². The van der Waals surface area contributed by atoms with Crippen molar-refractivity contribution in [1.29, 1.82) is 0 Å². The van der Waals surface area contributed by atoms with E-state index < -0.39 is 0 Å². The zero-order valence-corrected chi connectivity index (χ0v) is 8.85. The summed E-state index contributed by atoms with van der Waals surface area (Å²) in [6, 6.07) is -0.575. The topological polar surface area (TPSA) is 58.2 Å². The lowest BCUT2D eigenvalue weighted by molar-refractivity contribution is -0.119. The average Bonchev–Trinajstić information content (AvgIpc) is 2.03. The first-order chi connectivity index (χ1) is 5.61. The standard InChI is InChI=1S/C6H12N2O2P2/c9-4(5(11)12)3-1-2-7-6(10)8-3/h3,5H,1-2,11-12H2,(H2,7,8,10). The molecule has 0 aromatic rings. The van der Waals surface area contributed by atoms with E-state index in [1.165, 1.54) is 0 Å². The fourth-order valence-corrected chi connectivity index (χ4v) is 1.52. The van der Waals surface area contributed by atoms with Gasteiger partial charge in [0.05, 0.1) is 6.04 Å². The van der Waals surface area contributed by atoms with E-state index in [-0.39, 0.29) is 23.3 Å². The van der Waals surface area contributed by atoms with Gasteiger partial charge in [0.25, 0.3) is 0 Å². The van der Waals surface area contributed by atoms with Crippen molar-refractivity contribution in [2.24, 2.45) is 0 Å². The Morgan fingerprint density at radius 2 is 2.25 bits per heavy atom. The van der Waals surface area contributed by atoms with Crippen molar-refractivity contribution in [3.05, 3.63) is 0 Å². The van der Waals surface area contributed by atoms with Crippen molar-refractivity contribution in [2.45, 2.75) is 17.9 Å². The Bertz CT molecular complexity index is 208. The molecule has 68 valence electrons. The van der Waals surface area contributed by atoms with Crippen molar-refractivity contribution in [3.8, 4) is 0 Å². The summed E-state index contributed by atoms with van der Waals surface area (Å²) in [6.07, 6.45) is 0.671. The van der Waals surface area contributed by atoms with Gasteiger partial charge in [-0.25, -0.2) is 4.79 Å². The Morgan fingerprint density at radius 1 is 1.58 bits per heavy atom. The highest BCUT2D eigenvalue weighted by molar-refractivity contribution is 7.40. The first kappa shape index (κ1) is 9.88. The summed E-state index contributed by atoms with van der Waals surface area (Å²) in [4.78, 5) is 22.2. The number of amides is 2. The predicted molar refractivity (Wildman–Crippen MR) is 53.2 cm³/mol. The van der Waals surface area contributed by atoms with Gasteiger partial charge in [-0.2, -0.15) is 0 Å². The van der Waals surface area contributed by atoms with Crippen molar-refractivity contribution >= 4 is 30.3 Å². The van der Waals surface area contributed by atoms with Crippen LogP contribution in [0.1, 0.15) is 6.42 Å². The number of urea groups is 1. The van der Waals surface area contributed by atoms with Gasteiger partial charge < -0.3 is 10.6 Å². The van der Waals surface area contributed by atoms with Crippen molar-refractivity contribution in [3.63, 3.8) is 0 Å². The van der Waals surface area contributed by atoms with Gasteiger partial charge in [0.15, 0.2) is 5.78 Å². The number of carbonyl (C=O) groups excluding carboxylic acids is 2. The average molecular weight is 206 g/mol. The molecule has 1 fully saturated rings. The van der Waals surface area contributed by atoms with E-state index >= 15 is 0 Å². The first-order valence-electron chi connectivity index (χ1n) is 3.70. The molecule has 1 rings (SSSR count). The van der Waals surface area contributed by atoms with Gasteiger partial charge in [0.1, 0.15) is 0 Å². The van der Waals surface area contributed by atoms with Crippen molar-refractivity contribution in [1.82, 2.24) is 10.6 Å². The van der Waals surface area contributed by atoms with Crippen LogP contribution in [0.4, 0.5) is 4.79 Å². The van der Waals surface area contributed by atoms with Crippen molar-refractivity contribution < 1.29 is 9.59 Å². The maximum absolute atomic E-state index is 11.4. The molecule has 0 aromatic heterocycles. The van der Waals surface area contributed by atoms with Crippen LogP contribution in [0.3, 0.4) is 0 Å². The number of carbonyl (C=O) groups is 2. The summed E-state index contributed by atoms with van der Waals surface area (Å²) in [5, 5.41) is 4.99. The molecule has 2 N–H and O–H groups in total. The molecular formula is C6H12N2O2P2. The third kappa shape index (κ3) is 2.40. The fraction of sp³-hybridized carbons (Fsp3) is 0.667. The number of rotatable bonds is 2. The lowest BCUT2D eigenvalue weighted by Gasteiger charge is -2.24. The summed E-state index contributed by atoms with van der Waals surface area (Å²) in [6.45, 7) is 0.574. The molecule has 0 spiro atoms. The number of ketones is 1. The molecule has 1 heterocycles. The van der Waals surface area contributed by atoms with E-state index in [4.69, 9.17) is 0 Å². The van der Waals surface area contributed by atoms with Crippen LogP contribution in [0.15, 0.2) is 0 Å². The number of Topliss-reactive ketones (excluding diaryl/α,β-unsaturated/α-hetero) is 1. The Labute approximate surface area is 75.6 Å². The maximum atomic E-state index is 11.4. The van der Waals surface area contributed by atoms with Gasteiger partial charge >= 0.3 is 6.03 Å². The molecule has 2 amide bonds. The number of hydrogen-bond acceptors (Lipinski definition) is 2. The minimum absolute atomic E-state index is 0.0415. The summed E-state index contributed by atoms with van der Waals surface area (Å²) < 4.78 is 0. The smallest absolute Gasteiger partial charge is 0.315 e. The zero-order chi connectivity index (χ0) is 9.14. The second-order valence-electron chi connectivity index (χ2n) is 2.67. The van der Waals surface area contributed by atoms with E-state index in [2.05, 4.69) is 29.1 Å². The van der Waals surface area contributed by atoms with Crippen LogP contribution >= 0.6 is 18.5 Å².